The van der Waals surface area contributed by atoms with Crippen LogP contribution in [0.2, 0.25) is 0 Å². The van der Waals surface area contributed by atoms with E-state index in [2.05, 4.69) is 17.1 Å². The van der Waals surface area contributed by atoms with Gasteiger partial charge in [0.1, 0.15) is 18.4 Å². The maximum atomic E-state index is 12.7. The number of anilines is 3. The van der Waals surface area contributed by atoms with Crippen LogP contribution in [0.25, 0.3) is 0 Å². The number of alkyl halides is 2. The predicted octanol–water partition coefficient (Wildman–Crippen LogP) is 5.16. The summed E-state index contributed by atoms with van der Waals surface area (Å²) in [6.07, 6.45) is -1.01. The average Bonchev–Trinajstić information content (AvgIpc) is 2.89. The molecule has 10 heteroatoms. The Balaban J connectivity index is 2.03. The lowest BCUT2D eigenvalue weighted by Gasteiger charge is -2.37. The van der Waals surface area contributed by atoms with Gasteiger partial charge < -0.3 is 29.5 Å². The van der Waals surface area contributed by atoms with Gasteiger partial charge in [-0.15, -0.1) is 0 Å². The molecule has 1 saturated heterocycles. The van der Waals surface area contributed by atoms with Crippen LogP contribution in [0.5, 0.6) is 5.75 Å². The second kappa shape index (κ2) is 13.8. The number of carbonyl (C=O) groups is 1. The third-order valence-electron chi connectivity index (χ3n) is 6.31. The molecule has 0 unspecified atom stereocenters. The van der Waals surface area contributed by atoms with Crippen LogP contribution in [0.4, 0.5) is 25.8 Å². The van der Waals surface area contributed by atoms with Gasteiger partial charge in [-0.25, -0.2) is 8.78 Å². The van der Waals surface area contributed by atoms with Crippen molar-refractivity contribution in [1.29, 1.82) is 5.26 Å². The van der Waals surface area contributed by atoms with Crippen molar-refractivity contribution < 1.29 is 32.9 Å². The van der Waals surface area contributed by atoms with Crippen molar-refractivity contribution in [3.05, 3.63) is 47.5 Å². The minimum absolute atomic E-state index is 0.0606. The van der Waals surface area contributed by atoms with Gasteiger partial charge in [0.15, 0.2) is 0 Å². The average molecular weight is 518 g/mol. The van der Waals surface area contributed by atoms with Crippen LogP contribution >= 0.6 is 0 Å². The first kappa shape index (κ1) is 28.2. The summed E-state index contributed by atoms with van der Waals surface area (Å²) in [5, 5.41) is 22.1. The molecule has 0 radical (unpaired) electrons. The summed E-state index contributed by atoms with van der Waals surface area (Å²) in [6.45, 7) is 3.59. The molecule has 1 fully saturated rings. The number of benzene rings is 2. The van der Waals surface area contributed by atoms with Crippen molar-refractivity contribution in [3.8, 4) is 11.8 Å². The quantitative estimate of drug-likeness (QED) is 0.376. The van der Waals surface area contributed by atoms with Crippen LogP contribution in [-0.4, -0.2) is 63.6 Å². The summed E-state index contributed by atoms with van der Waals surface area (Å²) in [7, 11) is 1.53. The Morgan fingerprint density at radius 1 is 1.24 bits per heavy atom. The first-order valence-corrected chi connectivity index (χ1v) is 12.3. The number of nitrogens with one attached hydrogen (secondary N) is 1. The van der Waals surface area contributed by atoms with Crippen molar-refractivity contribution in [2.24, 2.45) is 0 Å². The Morgan fingerprint density at radius 3 is 2.62 bits per heavy atom. The molecule has 0 aromatic heterocycles. The van der Waals surface area contributed by atoms with Crippen LogP contribution < -0.4 is 15.0 Å². The highest BCUT2D eigenvalue weighted by atomic mass is 19.3. The maximum absolute atomic E-state index is 12.7. The summed E-state index contributed by atoms with van der Waals surface area (Å²) in [5.74, 6) is -1.22. The molecular formula is C27H33F2N3O5. The summed E-state index contributed by atoms with van der Waals surface area (Å²) >= 11 is 0. The first-order chi connectivity index (χ1) is 17.9. The normalized spacial score (nSPS) is 14.7. The maximum Gasteiger partial charge on any atom is 0.304 e. The fourth-order valence-electron chi connectivity index (χ4n) is 4.59. The fourth-order valence-corrected chi connectivity index (χ4v) is 4.59. The fraction of sp³-hybridized carbons (Fsp3) is 0.481. The van der Waals surface area contributed by atoms with Crippen LogP contribution in [0.1, 0.15) is 43.2 Å². The lowest BCUT2D eigenvalue weighted by molar-refractivity contribution is -0.137. The molecule has 3 rings (SSSR count). The minimum atomic E-state index is -2.67. The molecule has 8 nitrogen and oxygen atoms in total. The monoisotopic (exact) mass is 517 g/mol. The third-order valence-corrected chi connectivity index (χ3v) is 6.31. The number of nitriles is 1. The molecule has 37 heavy (non-hydrogen) atoms. The Morgan fingerprint density at radius 2 is 2.00 bits per heavy atom. The number of rotatable bonds is 13. The molecule has 1 aliphatic heterocycles. The van der Waals surface area contributed by atoms with Gasteiger partial charge in [-0.1, -0.05) is 6.07 Å². The second-order valence-corrected chi connectivity index (χ2v) is 8.81. The van der Waals surface area contributed by atoms with E-state index in [1.807, 2.05) is 24.3 Å². The summed E-state index contributed by atoms with van der Waals surface area (Å²) in [5.41, 5.74) is 3.14. The van der Waals surface area contributed by atoms with Gasteiger partial charge in [0, 0.05) is 50.6 Å². The molecule has 0 aliphatic carbocycles. The Hall–Kier alpha value is -3.42. The van der Waals surface area contributed by atoms with Crippen LogP contribution in [0.15, 0.2) is 36.4 Å². The van der Waals surface area contributed by atoms with E-state index in [4.69, 9.17) is 14.2 Å². The lowest BCUT2D eigenvalue weighted by atomic mass is 9.94. The van der Waals surface area contributed by atoms with E-state index in [1.54, 1.807) is 6.07 Å². The molecule has 2 N–H and O–H groups in total. The van der Waals surface area contributed by atoms with E-state index in [9.17, 15) is 23.9 Å². The van der Waals surface area contributed by atoms with Crippen molar-refractivity contribution in [2.75, 3.05) is 50.3 Å². The van der Waals surface area contributed by atoms with Gasteiger partial charge in [-0.05, 0) is 49.6 Å². The second-order valence-electron chi connectivity index (χ2n) is 8.81. The molecule has 0 saturated carbocycles. The van der Waals surface area contributed by atoms with E-state index in [1.165, 1.54) is 19.2 Å². The number of aliphatic carboxylic acids is 1. The molecule has 0 amide bonds. The van der Waals surface area contributed by atoms with Gasteiger partial charge in [0.25, 0.3) is 6.43 Å². The number of ether oxygens (including phenoxy) is 3. The third kappa shape index (κ3) is 7.78. The van der Waals surface area contributed by atoms with E-state index >= 15 is 0 Å². The van der Waals surface area contributed by atoms with Crippen molar-refractivity contribution in [3.63, 3.8) is 0 Å². The summed E-state index contributed by atoms with van der Waals surface area (Å²) < 4.78 is 41.5. The highest BCUT2D eigenvalue weighted by molar-refractivity contribution is 5.78. The standard InChI is InChI=1S/C27H33F2N3O5/c1-3-32(22-8-10-36-11-9-22)24-7-5-18(20(16-35-2)13-27(33)34)12-23(24)31-21-6-4-19(15-30)25(14-21)37-17-26(28)29/h4-7,12,14,20,22,26,31H,3,8-11,13,16-17H2,1-2H3,(H,33,34)/t20-/m0/s1. The smallest absolute Gasteiger partial charge is 0.304 e. The SMILES string of the molecule is CCN(c1ccc([C@H](COC)CC(=O)O)cc1Nc1ccc(C#N)c(OCC(F)F)c1)C1CCOCC1. The largest absolute Gasteiger partial charge is 0.486 e. The summed E-state index contributed by atoms with van der Waals surface area (Å²) in [4.78, 5) is 13.8. The topological polar surface area (TPSA) is 104 Å². The summed E-state index contributed by atoms with van der Waals surface area (Å²) in [6, 6.07) is 12.7. The van der Waals surface area contributed by atoms with Crippen LogP contribution in [0.3, 0.4) is 0 Å². The molecule has 2 aromatic carbocycles. The minimum Gasteiger partial charge on any atom is -0.486 e. The lowest BCUT2D eigenvalue weighted by Crippen LogP contribution is -2.39. The molecule has 1 atom stereocenters. The zero-order valence-electron chi connectivity index (χ0n) is 21.1. The number of halogens is 2. The predicted molar refractivity (Wildman–Crippen MR) is 136 cm³/mol. The molecule has 0 spiro atoms. The highest BCUT2D eigenvalue weighted by Crippen LogP contribution is 2.36. The molecule has 1 aliphatic rings. The molecular weight excluding hydrogens is 484 g/mol. The Bertz CT molecular complexity index is 1090. The highest BCUT2D eigenvalue weighted by Gasteiger charge is 2.24. The van der Waals surface area contributed by atoms with Gasteiger partial charge in [0.2, 0.25) is 0 Å². The van der Waals surface area contributed by atoms with E-state index < -0.39 is 19.0 Å². The van der Waals surface area contributed by atoms with Crippen LogP contribution in [-0.2, 0) is 14.3 Å². The number of carboxylic acids is 1. The first-order valence-electron chi connectivity index (χ1n) is 12.3. The number of hydrogen-bond acceptors (Lipinski definition) is 7. The molecule has 0 bridgehead atoms. The molecule has 200 valence electrons. The molecule has 2 aromatic rings. The van der Waals surface area contributed by atoms with Crippen molar-refractivity contribution in [1.82, 2.24) is 0 Å². The van der Waals surface area contributed by atoms with E-state index in [0.29, 0.717) is 18.9 Å². The zero-order chi connectivity index (χ0) is 26.8. The van der Waals surface area contributed by atoms with Gasteiger partial charge in [0.05, 0.1) is 30.0 Å². The van der Waals surface area contributed by atoms with Gasteiger partial charge in [-0.3, -0.25) is 4.79 Å². The van der Waals surface area contributed by atoms with Crippen LogP contribution in [0, 0.1) is 11.3 Å². The van der Waals surface area contributed by atoms with E-state index in [0.717, 1.165) is 36.3 Å². The Labute approximate surface area is 215 Å². The van der Waals surface area contributed by atoms with Crippen molar-refractivity contribution in [2.45, 2.75) is 44.6 Å². The number of hydrogen-bond donors (Lipinski definition) is 2. The zero-order valence-corrected chi connectivity index (χ0v) is 21.1. The van der Waals surface area contributed by atoms with E-state index in [-0.39, 0.29) is 36.3 Å². The van der Waals surface area contributed by atoms with Gasteiger partial charge >= 0.3 is 5.97 Å². The van der Waals surface area contributed by atoms with Crippen molar-refractivity contribution >= 4 is 23.0 Å². The number of nitrogens with zero attached hydrogens (tertiary/aromatic N) is 2. The Kier molecular flexibility index (Phi) is 10.5. The number of methoxy groups -OCH3 is 1. The molecule has 1 heterocycles. The van der Waals surface area contributed by atoms with Gasteiger partial charge in [-0.2, -0.15) is 5.26 Å². The number of carboxylic acid groups (broad SMARTS) is 1.